The molecule has 8 atom stereocenters. The third-order valence-corrected chi connectivity index (χ3v) is 63.3. The number of thiol groups is 1. The van der Waals surface area contributed by atoms with Crippen molar-refractivity contribution < 1.29 is 114 Å². The van der Waals surface area contributed by atoms with Gasteiger partial charge in [0.1, 0.15) is 0 Å². The van der Waals surface area contributed by atoms with E-state index in [4.69, 9.17) is 77.0 Å². The summed E-state index contributed by atoms with van der Waals surface area (Å²) < 4.78 is 125. The van der Waals surface area contributed by atoms with Crippen LogP contribution in [0.1, 0.15) is 1.37 Å². The van der Waals surface area contributed by atoms with E-state index in [2.05, 4.69) is 131 Å². The molecular formula is C54H116O18SSi16V2-. The molecular weight excluding hydrogens is 1520 g/mol. The van der Waals surface area contributed by atoms with Crippen LogP contribution >= 0.6 is 12.6 Å². The first-order valence-electron chi connectivity index (χ1n) is 28.6. The van der Waals surface area contributed by atoms with Gasteiger partial charge in [0.15, 0.2) is 16.6 Å². The summed E-state index contributed by atoms with van der Waals surface area (Å²) in [6.45, 7) is 96.3. The van der Waals surface area contributed by atoms with Crippen LogP contribution in [0, 0.1) is 6.90 Å². The van der Waals surface area contributed by atoms with Gasteiger partial charge in [0.2, 0.25) is 25.0 Å². The molecule has 0 spiro atoms. The Morgan fingerprint density at radius 2 is 0.593 bits per heavy atom. The van der Waals surface area contributed by atoms with E-state index in [0.29, 0.717) is 5.75 Å². The van der Waals surface area contributed by atoms with Gasteiger partial charge in [-0.25, -0.2) is 14.0 Å². The van der Waals surface area contributed by atoms with Crippen molar-refractivity contribution >= 4 is 150 Å². The standard InChI is InChI=1S/C39H78O13Si13.C5H12O3Si.C5H12O2Si.C3H9Si.C2H5S.2V/c1-27-53(14,15)40-58(24,32-6)45-64(38-12)50-62(36-10,43-56(20,21)30-4)48-60(26,34-8)47-61(35-9,42-55(18,19)29-3)49-63(37-11,44-57(22,23)31-5)51-65(39-13,52-64)46-59(25,33-7)41-54(16,17)28-2;1-5-9(6-2,7-3)8-4;1-5-8(4,6-2)7-3;1-4(2)3;1-2-3;;/h27-39H,1-13H2,14-26H3;5H,1H2,2-4H3;5H,1H2,2-4H3;1-3H3;3H,1-2H2;;/q;;;;-1;;/i;;;;1D;;. The Bertz CT molecular complexity index is 2380. The van der Waals surface area contributed by atoms with E-state index in [1.807, 2.05) is 85.1 Å². The van der Waals surface area contributed by atoms with Gasteiger partial charge in [-0.05, 0) is 132 Å². The molecule has 0 saturated carbocycles. The van der Waals surface area contributed by atoms with Gasteiger partial charge in [-0.15, -0.1) is 97.9 Å². The minimum atomic E-state index is -4.80. The maximum atomic E-state index is 7.49. The van der Waals surface area contributed by atoms with Crippen LogP contribution in [0.4, 0.5) is 0 Å². The molecule has 0 aromatic rings. The van der Waals surface area contributed by atoms with Crippen LogP contribution in [-0.2, 0) is 113 Å². The molecule has 3 radical (unpaired) electrons. The Morgan fingerprint density at radius 1 is 0.374 bits per heavy atom. The predicted molar refractivity (Wildman–Crippen MR) is 413 cm³/mol. The summed E-state index contributed by atoms with van der Waals surface area (Å²) in [6.07, 6.45) is 0. The van der Waals surface area contributed by atoms with Crippen LogP contribution in [0.25, 0.3) is 0 Å². The van der Waals surface area contributed by atoms with Crippen molar-refractivity contribution in [3.63, 3.8) is 0 Å². The van der Waals surface area contributed by atoms with Crippen molar-refractivity contribution in [3.8, 4) is 0 Å². The van der Waals surface area contributed by atoms with Gasteiger partial charge < -0.3 is 82.5 Å². The van der Waals surface area contributed by atoms with Crippen molar-refractivity contribution in [1.82, 2.24) is 0 Å². The Labute approximate surface area is 602 Å². The molecule has 1 aliphatic rings. The number of hydrogen-bond acceptors (Lipinski definition) is 19. The summed E-state index contributed by atoms with van der Waals surface area (Å²) in [4.78, 5) is 0. The normalized spacial score (nSPS) is 24.6. The second kappa shape index (κ2) is 44.5. The third-order valence-electron chi connectivity index (χ3n) is 11.8. The molecule has 521 valence electrons. The van der Waals surface area contributed by atoms with Gasteiger partial charge in [-0.3, -0.25) is 0 Å². The smallest absolute Gasteiger partial charge is 0.430 e. The summed E-state index contributed by atoms with van der Waals surface area (Å²) in [5.74, 6) is 0.556. The van der Waals surface area contributed by atoms with E-state index < -0.39 is 129 Å². The molecule has 18 nitrogen and oxygen atoms in total. The van der Waals surface area contributed by atoms with Gasteiger partial charge in [0.05, 0.1) is 0 Å². The van der Waals surface area contributed by atoms with Gasteiger partial charge in [0.25, 0.3) is 0 Å². The van der Waals surface area contributed by atoms with Crippen LogP contribution in [-0.4, -0.2) is 179 Å². The van der Waals surface area contributed by atoms with Gasteiger partial charge in [0, 0.05) is 81.5 Å². The molecule has 0 aromatic heterocycles. The van der Waals surface area contributed by atoms with Crippen molar-refractivity contribution in [2.45, 2.75) is 111 Å². The van der Waals surface area contributed by atoms with E-state index in [-0.39, 0.29) is 45.9 Å². The summed E-state index contributed by atoms with van der Waals surface area (Å²) in [7, 11) is -44.5. The fourth-order valence-electron chi connectivity index (χ4n) is 6.28. The van der Waals surface area contributed by atoms with E-state index in [9.17, 15) is 0 Å². The summed E-state index contributed by atoms with van der Waals surface area (Å²) >= 11 is 3.68. The van der Waals surface area contributed by atoms with Crippen molar-refractivity contribution in [2.75, 3.05) is 41.3 Å². The minimum Gasteiger partial charge on any atom is -0.430 e. The molecule has 1 heterocycles. The van der Waals surface area contributed by atoms with E-state index in [1.54, 1.807) is 99.1 Å². The monoisotopic (exact) mass is 1640 g/mol. The average molecular weight is 1640 g/mol. The van der Waals surface area contributed by atoms with Crippen molar-refractivity contribution in [1.29, 1.82) is 0 Å². The topological polar surface area (TPSA) is 166 Å². The van der Waals surface area contributed by atoms with E-state index in [0.717, 1.165) is 0 Å². The van der Waals surface area contributed by atoms with Crippen LogP contribution in [0.15, 0.2) is 184 Å². The quantitative estimate of drug-likeness (QED) is 0.0361. The second-order valence-electron chi connectivity index (χ2n) is 22.8. The molecule has 1 fully saturated rings. The molecule has 91 heavy (non-hydrogen) atoms. The molecule has 1 rings (SSSR count). The maximum absolute atomic E-state index is 7.49. The third kappa shape index (κ3) is 36.9. The van der Waals surface area contributed by atoms with Crippen LogP contribution in [0.3, 0.4) is 0 Å². The fourth-order valence-corrected chi connectivity index (χ4v) is 58.7. The van der Waals surface area contributed by atoms with Crippen LogP contribution in [0.5, 0.6) is 0 Å². The molecule has 0 bridgehead atoms. The Kier molecular flexibility index (Phi) is 48.9. The Morgan fingerprint density at radius 3 is 0.725 bits per heavy atom. The van der Waals surface area contributed by atoms with Gasteiger partial charge >= 0.3 is 87.1 Å². The maximum Gasteiger partial charge on any atom is 0.528 e. The molecule has 1 aliphatic heterocycles. The molecule has 0 amide bonds. The largest absolute Gasteiger partial charge is 0.528 e. The second-order valence-corrected chi connectivity index (χ2v) is 76.3. The Hall–Kier alpha value is 0.369. The predicted octanol–water partition coefficient (Wildman–Crippen LogP) is 14.4. The fraction of sp³-hybridized carbons (Fsp3) is 0.426. The van der Waals surface area contributed by atoms with Crippen molar-refractivity contribution in [3.05, 3.63) is 191 Å². The molecule has 37 heteroatoms. The number of rotatable bonds is 35. The first-order chi connectivity index (χ1) is 41.1. The molecule has 1 saturated heterocycles. The summed E-state index contributed by atoms with van der Waals surface area (Å²) in [6, 6.07) is 0. The van der Waals surface area contributed by atoms with Crippen LogP contribution in [0.2, 0.25) is 111 Å². The summed E-state index contributed by atoms with van der Waals surface area (Å²) in [5, 5.41) is 0. The molecule has 0 aliphatic carbocycles. The summed E-state index contributed by atoms with van der Waals surface area (Å²) in [5.41, 5.74) is 24.2. The van der Waals surface area contributed by atoms with Crippen LogP contribution < -0.4 is 0 Å². The van der Waals surface area contributed by atoms with Gasteiger partial charge in [-0.1, -0.05) is 71.8 Å². The molecule has 0 N–H and O–H groups in total. The molecule has 8 unspecified atom stereocenters. The minimum absolute atomic E-state index is 0. The van der Waals surface area contributed by atoms with Crippen molar-refractivity contribution in [2.24, 2.45) is 0 Å². The van der Waals surface area contributed by atoms with E-state index >= 15 is 0 Å². The van der Waals surface area contributed by atoms with Gasteiger partial charge in [-0.2, -0.15) is 0 Å². The zero-order valence-electron chi connectivity index (χ0n) is 60.2. The number of hydrogen-bond donors (Lipinski definition) is 1. The molecule has 0 aromatic carbocycles. The first-order valence-corrected chi connectivity index (χ1v) is 67.0. The SMILES string of the molecule is C=C[Si](C)(C)O[Si](C)(C=C)O[Si]1(C=C)O[Si](C=C)(O[Si](C)(C)C=C)O[Si](C)(C=C)O[Si](C=C)(O[Si](C)(C)C=C)O[Si](C=C)(O[Si](C)(C)C=C)O[Si](C=C)(O[Si](C)(C=C)O[Si](C)(C)C=C)O1.C=C[Si](C)(OC)OC.C=C[Si](OC)(OC)OC.C[Si](C)C.[2H][CH-]CS.[V].[V]. The van der Waals surface area contributed by atoms with E-state index in [1.165, 1.54) is 35.4 Å². The Balaban J connectivity index is -0.000000571. The zero-order valence-corrected chi connectivity index (χ0v) is 78.9. The first kappa shape index (κ1) is 100. The average Bonchev–Trinajstić information content (AvgIpc) is 0.767. The zero-order chi connectivity index (χ0) is 71.8.